The Kier molecular flexibility index (Phi) is 10.7. The lowest BCUT2D eigenvalue weighted by atomic mass is 9.96. The molecule has 8 heteroatoms. The fourth-order valence-corrected chi connectivity index (χ4v) is 2.05. The van der Waals surface area contributed by atoms with Crippen molar-refractivity contribution in [2.24, 2.45) is 0 Å². The van der Waals surface area contributed by atoms with Gasteiger partial charge in [-0.25, -0.2) is 0 Å². The number of halogens is 4. The predicted octanol–water partition coefficient (Wildman–Crippen LogP) is 2.97. The van der Waals surface area contributed by atoms with Crippen molar-refractivity contribution in [1.29, 1.82) is 0 Å². The van der Waals surface area contributed by atoms with Crippen LogP contribution >= 0.6 is 12.4 Å². The van der Waals surface area contributed by atoms with Crippen LogP contribution in [0.4, 0.5) is 13.2 Å². The normalized spacial score (nSPS) is 12.4. The van der Waals surface area contributed by atoms with Gasteiger partial charge >= 0.3 is 6.18 Å². The summed E-state index contributed by atoms with van der Waals surface area (Å²) in [6.45, 7) is 3.58. The monoisotopic (exact) mass is 368 g/mol. The highest BCUT2D eigenvalue weighted by Crippen LogP contribution is 2.31. The summed E-state index contributed by atoms with van der Waals surface area (Å²) in [6, 6.07) is 5.31. The first-order valence-corrected chi connectivity index (χ1v) is 7.48. The van der Waals surface area contributed by atoms with E-state index in [1.807, 2.05) is 6.92 Å². The van der Waals surface area contributed by atoms with Gasteiger partial charge in [0.15, 0.2) is 0 Å². The van der Waals surface area contributed by atoms with Crippen LogP contribution in [0, 0.1) is 0 Å². The summed E-state index contributed by atoms with van der Waals surface area (Å²) in [5, 5.41) is 5.66. The smallest absolute Gasteiger partial charge is 0.383 e. The third kappa shape index (κ3) is 8.52. The molecule has 0 aliphatic carbocycles. The third-order valence-corrected chi connectivity index (χ3v) is 3.45. The van der Waals surface area contributed by atoms with E-state index in [0.29, 0.717) is 31.7 Å². The summed E-state index contributed by atoms with van der Waals surface area (Å²) in [6.07, 6.45) is -3.76. The van der Waals surface area contributed by atoms with Gasteiger partial charge in [-0.1, -0.05) is 25.1 Å². The van der Waals surface area contributed by atoms with Crippen LogP contribution in [0.3, 0.4) is 0 Å². The number of carbonyl (C=O) groups is 1. The average molecular weight is 369 g/mol. The maximum atomic E-state index is 12.7. The largest absolute Gasteiger partial charge is 0.416 e. The second kappa shape index (κ2) is 11.3. The van der Waals surface area contributed by atoms with Crippen molar-refractivity contribution in [2.75, 3.05) is 33.4 Å². The fraction of sp³-hybridized carbons (Fsp3) is 0.562. The van der Waals surface area contributed by atoms with Crippen molar-refractivity contribution >= 4 is 18.3 Å². The van der Waals surface area contributed by atoms with Gasteiger partial charge in [0.05, 0.1) is 18.7 Å². The average Bonchev–Trinajstić information content (AvgIpc) is 2.51. The van der Waals surface area contributed by atoms with Gasteiger partial charge in [-0.05, 0) is 24.0 Å². The number of rotatable bonds is 9. The molecule has 138 valence electrons. The number of methoxy groups -OCH3 is 1. The Morgan fingerprint density at radius 1 is 1.29 bits per heavy atom. The zero-order valence-corrected chi connectivity index (χ0v) is 14.6. The maximum absolute atomic E-state index is 12.7. The lowest BCUT2D eigenvalue weighted by molar-refractivity contribution is -0.137. The number of nitrogens with one attached hydrogen (secondary N) is 2. The SMILES string of the molecule is COCCNCC(=O)NCCC(C)c1cccc(C(F)(F)F)c1.Cl. The van der Waals surface area contributed by atoms with Crippen LogP contribution in [0.1, 0.15) is 30.4 Å². The minimum Gasteiger partial charge on any atom is -0.383 e. The highest BCUT2D eigenvalue weighted by atomic mass is 35.5. The molecule has 2 N–H and O–H groups in total. The number of hydrogen-bond donors (Lipinski definition) is 2. The van der Waals surface area contributed by atoms with Crippen LogP contribution in [0.15, 0.2) is 24.3 Å². The minimum atomic E-state index is -4.34. The van der Waals surface area contributed by atoms with E-state index < -0.39 is 11.7 Å². The Morgan fingerprint density at radius 2 is 2.00 bits per heavy atom. The van der Waals surface area contributed by atoms with Gasteiger partial charge in [-0.15, -0.1) is 12.4 Å². The van der Waals surface area contributed by atoms with Gasteiger partial charge in [0.1, 0.15) is 0 Å². The van der Waals surface area contributed by atoms with Gasteiger partial charge in [-0.3, -0.25) is 4.79 Å². The first-order valence-electron chi connectivity index (χ1n) is 7.48. The molecule has 0 aliphatic heterocycles. The van der Waals surface area contributed by atoms with Crippen LogP contribution in [0.2, 0.25) is 0 Å². The summed E-state index contributed by atoms with van der Waals surface area (Å²) in [4.78, 5) is 11.5. The van der Waals surface area contributed by atoms with Crippen molar-refractivity contribution in [2.45, 2.75) is 25.4 Å². The van der Waals surface area contributed by atoms with Crippen molar-refractivity contribution in [3.05, 3.63) is 35.4 Å². The van der Waals surface area contributed by atoms with E-state index in [-0.39, 0.29) is 30.8 Å². The molecule has 24 heavy (non-hydrogen) atoms. The standard InChI is InChI=1S/C16H23F3N2O2.ClH/c1-12(6-7-21-15(22)11-20-8-9-23-2)13-4-3-5-14(10-13)16(17,18)19;/h3-5,10,12,20H,6-9,11H2,1-2H3,(H,21,22);1H. The predicted molar refractivity (Wildman–Crippen MR) is 89.5 cm³/mol. The Bertz CT molecular complexity index is 498. The highest BCUT2D eigenvalue weighted by Gasteiger charge is 2.30. The third-order valence-electron chi connectivity index (χ3n) is 3.45. The Labute approximate surface area is 146 Å². The van der Waals surface area contributed by atoms with Gasteiger partial charge in [-0.2, -0.15) is 13.2 Å². The summed E-state index contributed by atoms with van der Waals surface area (Å²) in [5.74, 6) is -0.212. The second-order valence-corrected chi connectivity index (χ2v) is 5.33. The molecular formula is C16H24ClF3N2O2. The highest BCUT2D eigenvalue weighted by molar-refractivity contribution is 5.85. The van der Waals surface area contributed by atoms with Crippen molar-refractivity contribution in [3.8, 4) is 0 Å². The number of amides is 1. The molecule has 1 amide bonds. The fourth-order valence-electron chi connectivity index (χ4n) is 2.05. The van der Waals surface area contributed by atoms with Gasteiger partial charge in [0.2, 0.25) is 5.91 Å². The first kappa shape index (κ1) is 22.7. The molecule has 1 aromatic carbocycles. The quantitative estimate of drug-likeness (QED) is 0.659. The lowest BCUT2D eigenvalue weighted by Gasteiger charge is -2.15. The van der Waals surface area contributed by atoms with E-state index in [4.69, 9.17) is 4.74 Å². The summed E-state index contributed by atoms with van der Waals surface area (Å²) in [5.41, 5.74) is -0.0273. The molecule has 0 fully saturated rings. The molecule has 1 aromatic rings. The maximum Gasteiger partial charge on any atom is 0.416 e. The Hall–Kier alpha value is -1.31. The lowest BCUT2D eigenvalue weighted by Crippen LogP contribution is -2.35. The van der Waals surface area contributed by atoms with Crippen LogP contribution in [-0.2, 0) is 15.7 Å². The van der Waals surface area contributed by atoms with E-state index in [0.717, 1.165) is 6.07 Å². The number of hydrogen-bond acceptors (Lipinski definition) is 3. The van der Waals surface area contributed by atoms with E-state index >= 15 is 0 Å². The molecule has 0 radical (unpaired) electrons. The summed E-state index contributed by atoms with van der Waals surface area (Å²) < 4.78 is 42.9. The molecule has 1 atom stereocenters. The number of carbonyl (C=O) groups excluding carboxylic acids is 1. The summed E-state index contributed by atoms with van der Waals surface area (Å²) in [7, 11) is 1.58. The van der Waals surface area contributed by atoms with Gasteiger partial charge in [0.25, 0.3) is 0 Å². The molecule has 0 saturated heterocycles. The Balaban J connectivity index is 0.00000529. The van der Waals surface area contributed by atoms with Crippen molar-refractivity contribution < 1.29 is 22.7 Å². The van der Waals surface area contributed by atoms with Crippen LogP contribution in [0.5, 0.6) is 0 Å². The zero-order chi connectivity index (χ0) is 17.3. The molecule has 0 spiro atoms. The topological polar surface area (TPSA) is 50.4 Å². The van der Waals surface area contributed by atoms with Crippen LogP contribution in [0.25, 0.3) is 0 Å². The molecule has 4 nitrogen and oxygen atoms in total. The van der Waals surface area contributed by atoms with Crippen molar-refractivity contribution in [3.63, 3.8) is 0 Å². The van der Waals surface area contributed by atoms with E-state index in [1.165, 1.54) is 12.1 Å². The van der Waals surface area contributed by atoms with Gasteiger partial charge < -0.3 is 15.4 Å². The number of benzene rings is 1. The second-order valence-electron chi connectivity index (χ2n) is 5.33. The molecule has 0 heterocycles. The van der Waals surface area contributed by atoms with E-state index in [2.05, 4.69) is 10.6 Å². The number of ether oxygens (including phenoxy) is 1. The molecule has 0 bridgehead atoms. The van der Waals surface area contributed by atoms with Gasteiger partial charge in [0, 0.05) is 20.2 Å². The first-order chi connectivity index (χ1) is 10.8. The number of alkyl halides is 3. The van der Waals surface area contributed by atoms with Crippen LogP contribution in [-0.4, -0.2) is 39.3 Å². The zero-order valence-electron chi connectivity index (χ0n) is 13.8. The minimum absolute atomic E-state index is 0. The van der Waals surface area contributed by atoms with Crippen molar-refractivity contribution in [1.82, 2.24) is 10.6 Å². The molecule has 0 aliphatic rings. The molecule has 0 saturated carbocycles. The molecule has 0 aromatic heterocycles. The molecule has 1 unspecified atom stereocenters. The molecular weight excluding hydrogens is 345 g/mol. The van der Waals surface area contributed by atoms with Crippen LogP contribution < -0.4 is 10.6 Å². The Morgan fingerprint density at radius 3 is 2.62 bits per heavy atom. The molecule has 1 rings (SSSR count). The summed E-state index contributed by atoms with van der Waals surface area (Å²) >= 11 is 0. The van der Waals surface area contributed by atoms with E-state index in [1.54, 1.807) is 13.2 Å². The van der Waals surface area contributed by atoms with E-state index in [9.17, 15) is 18.0 Å².